The maximum atomic E-state index is 13.1. The zero-order valence-electron chi connectivity index (χ0n) is 14.3. The summed E-state index contributed by atoms with van der Waals surface area (Å²) in [5, 5.41) is 2.92. The molecule has 0 unspecified atom stereocenters. The van der Waals surface area contributed by atoms with E-state index in [9.17, 15) is 14.0 Å². The van der Waals surface area contributed by atoms with E-state index >= 15 is 0 Å². The van der Waals surface area contributed by atoms with E-state index in [1.165, 1.54) is 29.8 Å². The monoisotopic (exact) mass is 353 g/mol. The number of aryl methyl sites for hydroxylation is 1. The summed E-state index contributed by atoms with van der Waals surface area (Å²) in [5.74, 6) is -1.36. The normalized spacial score (nSPS) is 16.1. The number of carbonyl (C=O) groups excluding carboxylic acids is 2. The molecule has 0 saturated carbocycles. The number of benzene rings is 2. The first-order valence-corrected chi connectivity index (χ1v) is 8.59. The average Bonchev–Trinajstić information content (AvgIpc) is 2.65. The van der Waals surface area contributed by atoms with Gasteiger partial charge in [-0.3, -0.25) is 4.79 Å². The molecule has 2 aromatic rings. The molecule has 2 aromatic carbocycles. The lowest BCUT2D eigenvalue weighted by atomic mass is 9.88. The second-order valence-corrected chi connectivity index (χ2v) is 6.21. The molecule has 1 amide bonds. The molecule has 0 spiro atoms. The van der Waals surface area contributed by atoms with Gasteiger partial charge >= 0.3 is 5.97 Å². The molecule has 1 aliphatic rings. The molecule has 1 N–H and O–H groups in total. The van der Waals surface area contributed by atoms with Gasteiger partial charge in [0.2, 0.25) is 0 Å². The summed E-state index contributed by atoms with van der Waals surface area (Å²) in [6, 6.07) is 13.8. The number of nitrogens with one attached hydrogen (secondary N) is 1. The molecular formula is C21H20FNO3. The molecule has 0 saturated heterocycles. The minimum atomic E-state index is -0.645. The third-order valence-electron chi connectivity index (χ3n) is 4.31. The highest BCUT2D eigenvalue weighted by molar-refractivity contribution is 5.89. The van der Waals surface area contributed by atoms with Gasteiger partial charge in [0.25, 0.3) is 5.91 Å². The van der Waals surface area contributed by atoms with Crippen molar-refractivity contribution in [1.29, 1.82) is 0 Å². The van der Waals surface area contributed by atoms with Crippen LogP contribution in [-0.2, 0) is 20.7 Å². The topological polar surface area (TPSA) is 55.4 Å². The summed E-state index contributed by atoms with van der Waals surface area (Å²) in [6.45, 7) is -0.342. The highest BCUT2D eigenvalue weighted by Gasteiger charge is 2.21. The zero-order valence-corrected chi connectivity index (χ0v) is 14.3. The van der Waals surface area contributed by atoms with Crippen molar-refractivity contribution in [2.45, 2.75) is 25.3 Å². The van der Waals surface area contributed by atoms with E-state index in [-0.39, 0.29) is 24.4 Å². The van der Waals surface area contributed by atoms with Gasteiger partial charge in [0, 0.05) is 6.08 Å². The Balaban J connectivity index is 1.49. The third kappa shape index (κ3) is 4.79. The lowest BCUT2D eigenvalue weighted by Crippen LogP contribution is -2.34. The zero-order chi connectivity index (χ0) is 18.4. The van der Waals surface area contributed by atoms with Crippen LogP contribution in [0.3, 0.4) is 0 Å². The number of esters is 1. The van der Waals surface area contributed by atoms with E-state index in [1.807, 2.05) is 18.2 Å². The molecular weight excluding hydrogens is 333 g/mol. The second kappa shape index (κ2) is 8.43. The average molecular weight is 353 g/mol. The first-order valence-electron chi connectivity index (χ1n) is 8.59. The van der Waals surface area contributed by atoms with E-state index in [2.05, 4.69) is 11.4 Å². The van der Waals surface area contributed by atoms with E-state index in [4.69, 9.17) is 4.74 Å². The van der Waals surface area contributed by atoms with E-state index in [0.29, 0.717) is 5.56 Å². The molecule has 1 aliphatic carbocycles. The molecule has 0 heterocycles. The van der Waals surface area contributed by atoms with Crippen molar-refractivity contribution in [1.82, 2.24) is 5.32 Å². The summed E-state index contributed by atoms with van der Waals surface area (Å²) >= 11 is 0. The van der Waals surface area contributed by atoms with Crippen LogP contribution in [0.15, 0.2) is 54.6 Å². The van der Waals surface area contributed by atoms with Crippen molar-refractivity contribution in [3.8, 4) is 0 Å². The Morgan fingerprint density at radius 3 is 2.88 bits per heavy atom. The van der Waals surface area contributed by atoms with Crippen LogP contribution in [0.4, 0.5) is 4.39 Å². The molecule has 0 bridgehead atoms. The van der Waals surface area contributed by atoms with Crippen molar-refractivity contribution in [3.63, 3.8) is 0 Å². The molecule has 5 heteroatoms. The predicted octanol–water partition coefficient (Wildman–Crippen LogP) is 3.58. The highest BCUT2D eigenvalue weighted by Crippen LogP contribution is 2.29. The molecule has 26 heavy (non-hydrogen) atoms. The smallest absolute Gasteiger partial charge is 0.331 e. The number of halogens is 1. The van der Waals surface area contributed by atoms with Gasteiger partial charge in [-0.15, -0.1) is 0 Å². The number of rotatable bonds is 5. The Morgan fingerprint density at radius 1 is 1.19 bits per heavy atom. The summed E-state index contributed by atoms with van der Waals surface area (Å²) < 4.78 is 18.0. The minimum Gasteiger partial charge on any atom is -0.452 e. The van der Waals surface area contributed by atoms with Crippen molar-refractivity contribution >= 4 is 18.0 Å². The van der Waals surface area contributed by atoms with Gasteiger partial charge in [0.1, 0.15) is 5.82 Å². The van der Waals surface area contributed by atoms with Gasteiger partial charge in [-0.05, 0) is 54.2 Å². The van der Waals surface area contributed by atoms with Crippen LogP contribution in [0.25, 0.3) is 6.08 Å². The molecule has 0 aromatic heterocycles. The molecule has 0 radical (unpaired) electrons. The maximum absolute atomic E-state index is 13.1. The SMILES string of the molecule is O=C(COC(=O)/C=C/c1cccc(F)c1)N[C@H]1CCCc2ccccc21. The number of hydrogen-bond donors (Lipinski definition) is 1. The fourth-order valence-electron chi connectivity index (χ4n) is 3.10. The summed E-state index contributed by atoms with van der Waals surface area (Å²) in [4.78, 5) is 23.8. The fraction of sp³-hybridized carbons (Fsp3) is 0.238. The van der Waals surface area contributed by atoms with Crippen LogP contribution in [-0.4, -0.2) is 18.5 Å². The quantitative estimate of drug-likeness (QED) is 0.660. The Bertz CT molecular complexity index is 832. The van der Waals surface area contributed by atoms with Crippen molar-refractivity contribution in [2.75, 3.05) is 6.61 Å². The van der Waals surface area contributed by atoms with Gasteiger partial charge < -0.3 is 10.1 Å². The van der Waals surface area contributed by atoms with E-state index in [1.54, 1.807) is 12.1 Å². The van der Waals surface area contributed by atoms with Crippen LogP contribution >= 0.6 is 0 Å². The minimum absolute atomic E-state index is 0.0472. The van der Waals surface area contributed by atoms with Crippen molar-refractivity contribution < 1.29 is 18.7 Å². The lowest BCUT2D eigenvalue weighted by Gasteiger charge is -2.26. The van der Waals surface area contributed by atoms with E-state index < -0.39 is 5.97 Å². The molecule has 4 nitrogen and oxygen atoms in total. The molecule has 0 aliphatic heterocycles. The first kappa shape index (κ1) is 17.9. The number of hydrogen-bond acceptors (Lipinski definition) is 3. The van der Waals surface area contributed by atoms with Crippen LogP contribution in [0, 0.1) is 5.82 Å². The Morgan fingerprint density at radius 2 is 2.04 bits per heavy atom. The Hall–Kier alpha value is -2.95. The molecule has 134 valence electrons. The molecule has 3 rings (SSSR count). The number of ether oxygens (including phenoxy) is 1. The van der Waals surface area contributed by atoms with Crippen LogP contribution in [0.1, 0.15) is 35.6 Å². The molecule has 0 fully saturated rings. The van der Waals surface area contributed by atoms with Gasteiger partial charge in [-0.2, -0.15) is 0 Å². The fourth-order valence-corrected chi connectivity index (χ4v) is 3.10. The molecule has 1 atom stereocenters. The Labute approximate surface area is 151 Å². The lowest BCUT2D eigenvalue weighted by molar-refractivity contribution is -0.144. The van der Waals surface area contributed by atoms with Crippen LogP contribution < -0.4 is 5.32 Å². The Kier molecular flexibility index (Phi) is 5.79. The number of fused-ring (bicyclic) bond motifs is 1. The van der Waals surface area contributed by atoms with Gasteiger partial charge in [0.15, 0.2) is 6.61 Å². The predicted molar refractivity (Wildman–Crippen MR) is 96.7 cm³/mol. The van der Waals surface area contributed by atoms with E-state index in [0.717, 1.165) is 24.8 Å². The summed E-state index contributed by atoms with van der Waals surface area (Å²) in [7, 11) is 0. The number of carbonyl (C=O) groups is 2. The standard InChI is InChI=1S/C21H20FNO3/c22-17-8-3-5-15(13-17)11-12-21(25)26-14-20(24)23-19-10-4-7-16-6-1-2-9-18(16)19/h1-3,5-6,8-9,11-13,19H,4,7,10,14H2,(H,23,24)/b12-11+/t19-/m0/s1. The number of amides is 1. The third-order valence-corrected chi connectivity index (χ3v) is 4.31. The summed E-state index contributed by atoms with van der Waals surface area (Å²) in [6.07, 6.45) is 5.52. The van der Waals surface area contributed by atoms with Gasteiger partial charge in [0.05, 0.1) is 6.04 Å². The maximum Gasteiger partial charge on any atom is 0.331 e. The second-order valence-electron chi connectivity index (χ2n) is 6.21. The van der Waals surface area contributed by atoms with Crippen molar-refractivity contribution in [3.05, 3.63) is 77.1 Å². The summed E-state index contributed by atoms with van der Waals surface area (Å²) in [5.41, 5.74) is 2.92. The van der Waals surface area contributed by atoms with Crippen LogP contribution in [0.2, 0.25) is 0 Å². The highest BCUT2D eigenvalue weighted by atomic mass is 19.1. The van der Waals surface area contributed by atoms with Gasteiger partial charge in [-0.25, -0.2) is 9.18 Å². The van der Waals surface area contributed by atoms with Crippen LogP contribution in [0.5, 0.6) is 0 Å². The largest absolute Gasteiger partial charge is 0.452 e. The van der Waals surface area contributed by atoms with Crippen molar-refractivity contribution in [2.24, 2.45) is 0 Å². The van der Waals surface area contributed by atoms with Gasteiger partial charge in [-0.1, -0.05) is 36.4 Å². The first-order chi connectivity index (χ1) is 12.6.